The van der Waals surface area contributed by atoms with Gasteiger partial charge in [0.25, 0.3) is 0 Å². The first-order valence-electron chi connectivity index (χ1n) is 10.3. The van der Waals surface area contributed by atoms with E-state index in [0.717, 1.165) is 22.5 Å². The Morgan fingerprint density at radius 3 is 2.58 bits per heavy atom. The summed E-state index contributed by atoms with van der Waals surface area (Å²) in [7, 11) is 0. The van der Waals surface area contributed by atoms with E-state index in [-0.39, 0.29) is 11.7 Å². The molecule has 2 aromatic heterocycles. The van der Waals surface area contributed by atoms with E-state index < -0.39 is 0 Å². The van der Waals surface area contributed by atoms with Crippen LogP contribution < -0.4 is 5.32 Å². The first kappa shape index (κ1) is 20.7. The number of aromatic nitrogens is 3. The van der Waals surface area contributed by atoms with Gasteiger partial charge in [0.15, 0.2) is 5.65 Å². The highest BCUT2D eigenvalue weighted by Gasteiger charge is 2.14. The van der Waals surface area contributed by atoms with Crippen LogP contribution in [0.15, 0.2) is 54.6 Å². The number of rotatable bonds is 6. The van der Waals surface area contributed by atoms with Crippen LogP contribution in [0.1, 0.15) is 34.5 Å². The summed E-state index contributed by atoms with van der Waals surface area (Å²) in [4.78, 5) is 17.0. The summed E-state index contributed by atoms with van der Waals surface area (Å²) < 4.78 is 15.4. The Labute approximate surface area is 181 Å². The van der Waals surface area contributed by atoms with Crippen molar-refractivity contribution in [3.63, 3.8) is 0 Å². The number of fused-ring (bicyclic) bond motifs is 1. The second-order valence-electron chi connectivity index (χ2n) is 7.83. The van der Waals surface area contributed by atoms with Gasteiger partial charge in [-0.05, 0) is 50.5 Å². The Bertz CT molecular complexity index is 1240. The molecule has 158 valence electrons. The number of nitrogens with one attached hydrogen (secondary N) is 1. The number of nitrogens with zero attached hydrogens (tertiary/aromatic N) is 3. The van der Waals surface area contributed by atoms with E-state index in [2.05, 4.69) is 15.4 Å². The van der Waals surface area contributed by atoms with Crippen molar-refractivity contribution < 1.29 is 9.18 Å². The predicted octanol–water partition coefficient (Wildman–Crippen LogP) is 4.71. The fraction of sp³-hybridized carbons (Fsp3) is 0.240. The molecule has 0 saturated heterocycles. The maximum absolute atomic E-state index is 13.6. The lowest BCUT2D eigenvalue weighted by atomic mass is 10.1. The van der Waals surface area contributed by atoms with Gasteiger partial charge in [-0.1, -0.05) is 42.0 Å². The van der Waals surface area contributed by atoms with Gasteiger partial charge in [-0.2, -0.15) is 5.10 Å². The van der Waals surface area contributed by atoms with Gasteiger partial charge in [0, 0.05) is 36.0 Å². The van der Waals surface area contributed by atoms with Gasteiger partial charge in [0.05, 0.1) is 5.69 Å². The van der Waals surface area contributed by atoms with Crippen LogP contribution in [0.3, 0.4) is 0 Å². The van der Waals surface area contributed by atoms with Crippen molar-refractivity contribution in [3.8, 4) is 11.3 Å². The van der Waals surface area contributed by atoms with Crippen LogP contribution in [0.5, 0.6) is 0 Å². The van der Waals surface area contributed by atoms with Gasteiger partial charge < -0.3 is 5.32 Å². The maximum Gasteiger partial charge on any atom is 0.220 e. The van der Waals surface area contributed by atoms with E-state index in [1.165, 1.54) is 17.7 Å². The minimum absolute atomic E-state index is 0.000358. The molecule has 0 saturated carbocycles. The van der Waals surface area contributed by atoms with Crippen LogP contribution in [0.2, 0.25) is 0 Å². The molecule has 0 aliphatic heterocycles. The lowest BCUT2D eigenvalue weighted by molar-refractivity contribution is -0.121. The Hall–Kier alpha value is -3.54. The SMILES string of the molecule is Cc1ccc(CNC(=O)CCc2c(C)nc3cc(-c4cccc(F)c4)nn3c2C)cc1. The van der Waals surface area contributed by atoms with Gasteiger partial charge in [-0.15, -0.1) is 0 Å². The minimum atomic E-state index is -0.298. The van der Waals surface area contributed by atoms with Crippen LogP contribution in [0.25, 0.3) is 16.9 Å². The summed E-state index contributed by atoms with van der Waals surface area (Å²) >= 11 is 0. The topological polar surface area (TPSA) is 59.3 Å². The number of aryl methyl sites for hydroxylation is 3. The zero-order chi connectivity index (χ0) is 22.0. The molecule has 1 N–H and O–H groups in total. The Balaban J connectivity index is 1.48. The first-order valence-corrected chi connectivity index (χ1v) is 10.3. The molecule has 0 atom stereocenters. The molecule has 0 aliphatic carbocycles. The van der Waals surface area contributed by atoms with E-state index >= 15 is 0 Å². The van der Waals surface area contributed by atoms with Crippen molar-refractivity contribution in [2.75, 3.05) is 0 Å². The van der Waals surface area contributed by atoms with E-state index in [0.29, 0.717) is 36.3 Å². The lowest BCUT2D eigenvalue weighted by Crippen LogP contribution is -2.23. The molecule has 5 nitrogen and oxygen atoms in total. The summed E-state index contributed by atoms with van der Waals surface area (Å²) in [6.45, 7) is 6.48. The molecule has 2 heterocycles. The quantitative estimate of drug-likeness (QED) is 0.495. The third-order valence-corrected chi connectivity index (χ3v) is 5.50. The van der Waals surface area contributed by atoms with Gasteiger partial charge in [0.1, 0.15) is 5.82 Å². The smallest absolute Gasteiger partial charge is 0.220 e. The van der Waals surface area contributed by atoms with Crippen LogP contribution in [0.4, 0.5) is 4.39 Å². The van der Waals surface area contributed by atoms with E-state index in [4.69, 9.17) is 0 Å². The average molecular weight is 417 g/mol. The molecular formula is C25H25FN4O. The van der Waals surface area contributed by atoms with Gasteiger partial charge in [0.2, 0.25) is 5.91 Å². The highest BCUT2D eigenvalue weighted by atomic mass is 19.1. The van der Waals surface area contributed by atoms with Crippen molar-refractivity contribution >= 4 is 11.6 Å². The highest BCUT2D eigenvalue weighted by molar-refractivity contribution is 5.76. The molecule has 0 fully saturated rings. The largest absolute Gasteiger partial charge is 0.352 e. The van der Waals surface area contributed by atoms with Crippen LogP contribution in [0, 0.1) is 26.6 Å². The molecule has 6 heteroatoms. The summed E-state index contributed by atoms with van der Waals surface area (Å²) in [5.74, 6) is -0.298. The first-order chi connectivity index (χ1) is 14.9. The molecule has 2 aromatic carbocycles. The molecular weight excluding hydrogens is 391 g/mol. The minimum Gasteiger partial charge on any atom is -0.352 e. The number of carbonyl (C=O) groups excluding carboxylic acids is 1. The molecule has 0 unspecified atom stereocenters. The molecule has 0 radical (unpaired) electrons. The molecule has 1 amide bonds. The third-order valence-electron chi connectivity index (χ3n) is 5.50. The Morgan fingerprint density at radius 2 is 1.84 bits per heavy atom. The zero-order valence-corrected chi connectivity index (χ0v) is 17.9. The van der Waals surface area contributed by atoms with E-state index in [1.807, 2.05) is 57.2 Å². The number of benzene rings is 2. The monoisotopic (exact) mass is 416 g/mol. The third kappa shape index (κ3) is 4.63. The zero-order valence-electron chi connectivity index (χ0n) is 17.9. The van der Waals surface area contributed by atoms with Crippen molar-refractivity contribution in [2.24, 2.45) is 0 Å². The number of hydrogen-bond acceptors (Lipinski definition) is 3. The van der Waals surface area contributed by atoms with Crippen molar-refractivity contribution in [2.45, 2.75) is 40.2 Å². The molecule has 0 bridgehead atoms. The van der Waals surface area contributed by atoms with Gasteiger partial charge in [-0.3, -0.25) is 4.79 Å². The molecule has 0 aliphatic rings. The molecule has 4 rings (SSSR count). The summed E-state index contributed by atoms with van der Waals surface area (Å²) in [6, 6.07) is 16.3. The molecule has 31 heavy (non-hydrogen) atoms. The molecule has 0 spiro atoms. The standard InChI is InChI=1S/C25H25FN4O/c1-16-7-9-19(10-8-16)15-27-25(31)12-11-22-17(2)28-24-14-23(29-30(24)18(22)3)20-5-4-6-21(26)13-20/h4-10,13-14H,11-12,15H2,1-3H3,(H,27,31). The maximum atomic E-state index is 13.6. The van der Waals surface area contributed by atoms with Crippen LogP contribution >= 0.6 is 0 Å². The Morgan fingerprint density at radius 1 is 1.06 bits per heavy atom. The van der Waals surface area contributed by atoms with Gasteiger partial charge in [-0.25, -0.2) is 13.9 Å². The van der Waals surface area contributed by atoms with Crippen molar-refractivity contribution in [3.05, 3.63) is 88.5 Å². The number of amides is 1. The fourth-order valence-corrected chi connectivity index (χ4v) is 3.71. The average Bonchev–Trinajstić information content (AvgIpc) is 3.17. The van der Waals surface area contributed by atoms with E-state index in [9.17, 15) is 9.18 Å². The normalized spacial score (nSPS) is 11.1. The van der Waals surface area contributed by atoms with Crippen LogP contribution in [-0.4, -0.2) is 20.5 Å². The van der Waals surface area contributed by atoms with Crippen molar-refractivity contribution in [1.29, 1.82) is 0 Å². The number of carbonyl (C=O) groups is 1. The second-order valence-corrected chi connectivity index (χ2v) is 7.83. The molecule has 4 aromatic rings. The predicted molar refractivity (Wildman–Crippen MR) is 119 cm³/mol. The summed E-state index contributed by atoms with van der Waals surface area (Å²) in [5, 5.41) is 7.60. The second kappa shape index (κ2) is 8.68. The number of halogens is 1. The van der Waals surface area contributed by atoms with Gasteiger partial charge >= 0.3 is 0 Å². The number of hydrogen-bond donors (Lipinski definition) is 1. The summed E-state index contributed by atoms with van der Waals surface area (Å²) in [6.07, 6.45) is 0.953. The lowest BCUT2D eigenvalue weighted by Gasteiger charge is -2.11. The van der Waals surface area contributed by atoms with Crippen molar-refractivity contribution in [1.82, 2.24) is 19.9 Å². The van der Waals surface area contributed by atoms with Crippen LogP contribution in [-0.2, 0) is 17.8 Å². The van der Waals surface area contributed by atoms with E-state index in [1.54, 1.807) is 10.6 Å². The Kier molecular flexibility index (Phi) is 5.80. The highest BCUT2D eigenvalue weighted by Crippen LogP contribution is 2.23. The fourth-order valence-electron chi connectivity index (χ4n) is 3.71. The summed E-state index contributed by atoms with van der Waals surface area (Å²) in [5.41, 5.74) is 7.19.